The van der Waals surface area contributed by atoms with Gasteiger partial charge < -0.3 is 10.2 Å². The van der Waals surface area contributed by atoms with E-state index in [0.29, 0.717) is 31.0 Å². The molecule has 1 unspecified atom stereocenters. The van der Waals surface area contributed by atoms with Crippen molar-refractivity contribution in [2.45, 2.75) is 40.0 Å². The van der Waals surface area contributed by atoms with Crippen molar-refractivity contribution >= 4 is 11.8 Å². The van der Waals surface area contributed by atoms with Gasteiger partial charge in [-0.3, -0.25) is 9.59 Å². The number of rotatable bonds is 5. The van der Waals surface area contributed by atoms with Gasteiger partial charge in [-0.1, -0.05) is 25.1 Å². The molecular formula is C19H27FN2O2. The van der Waals surface area contributed by atoms with Crippen LogP contribution in [0.5, 0.6) is 0 Å². The van der Waals surface area contributed by atoms with Crippen LogP contribution in [0.1, 0.15) is 39.2 Å². The van der Waals surface area contributed by atoms with E-state index in [-0.39, 0.29) is 17.6 Å². The molecule has 1 heterocycles. The second kappa shape index (κ2) is 7.77. The fraction of sp³-hybridized carbons (Fsp3) is 0.579. The maximum absolute atomic E-state index is 13.6. The Bertz CT molecular complexity index is 601. The van der Waals surface area contributed by atoms with E-state index in [2.05, 4.69) is 12.2 Å². The Morgan fingerprint density at radius 3 is 2.71 bits per heavy atom. The van der Waals surface area contributed by atoms with Crippen molar-refractivity contribution in [2.24, 2.45) is 11.3 Å². The first-order chi connectivity index (χ1) is 11.3. The van der Waals surface area contributed by atoms with Crippen molar-refractivity contribution < 1.29 is 14.0 Å². The second-order valence-corrected chi connectivity index (χ2v) is 7.22. The fourth-order valence-electron chi connectivity index (χ4n) is 3.10. The minimum Gasteiger partial charge on any atom is -0.355 e. The summed E-state index contributed by atoms with van der Waals surface area (Å²) < 4.78 is 13.6. The molecule has 1 aliphatic heterocycles. The number of carbonyl (C=O) groups excluding carboxylic acids is 2. The fourth-order valence-corrected chi connectivity index (χ4v) is 3.10. The lowest BCUT2D eigenvalue weighted by molar-refractivity contribution is -0.149. The summed E-state index contributed by atoms with van der Waals surface area (Å²) in [5.41, 5.74) is -0.543. The highest BCUT2D eigenvalue weighted by atomic mass is 19.1. The van der Waals surface area contributed by atoms with Crippen LogP contribution >= 0.6 is 0 Å². The number of amides is 2. The number of piperidine rings is 1. The van der Waals surface area contributed by atoms with Gasteiger partial charge in [0.25, 0.3) is 0 Å². The van der Waals surface area contributed by atoms with Crippen molar-refractivity contribution in [1.82, 2.24) is 10.2 Å². The lowest BCUT2D eigenvalue weighted by Crippen LogP contribution is -2.52. The standard InChI is InChI=1S/C19H27FN2O2/c1-14-7-6-12-22(13-14)18(24)19(2,3)17(23)21-11-10-15-8-4-5-9-16(15)20/h4-5,8-9,14H,6-7,10-13H2,1-3H3,(H,21,23). The third-order valence-electron chi connectivity index (χ3n) is 4.68. The van der Waals surface area contributed by atoms with Crippen LogP contribution in [-0.2, 0) is 16.0 Å². The topological polar surface area (TPSA) is 49.4 Å². The Hall–Kier alpha value is -1.91. The van der Waals surface area contributed by atoms with Crippen LogP contribution in [0.4, 0.5) is 4.39 Å². The van der Waals surface area contributed by atoms with Gasteiger partial charge in [0.05, 0.1) is 0 Å². The quantitative estimate of drug-likeness (QED) is 0.842. The zero-order valence-electron chi connectivity index (χ0n) is 14.8. The molecule has 1 aliphatic rings. The summed E-state index contributed by atoms with van der Waals surface area (Å²) in [5, 5.41) is 2.78. The molecule has 4 nitrogen and oxygen atoms in total. The molecule has 1 atom stereocenters. The average Bonchev–Trinajstić information content (AvgIpc) is 2.55. The first-order valence-corrected chi connectivity index (χ1v) is 8.63. The van der Waals surface area contributed by atoms with E-state index in [1.807, 2.05) is 0 Å². The third kappa shape index (κ3) is 4.34. The number of carbonyl (C=O) groups is 2. The molecule has 0 bridgehead atoms. The van der Waals surface area contributed by atoms with Gasteiger partial charge >= 0.3 is 0 Å². The average molecular weight is 334 g/mol. The second-order valence-electron chi connectivity index (χ2n) is 7.22. The molecule has 1 N–H and O–H groups in total. The van der Waals surface area contributed by atoms with Crippen LogP contribution in [0, 0.1) is 17.2 Å². The zero-order valence-corrected chi connectivity index (χ0v) is 14.8. The highest BCUT2D eigenvalue weighted by molar-refractivity contribution is 6.04. The van der Waals surface area contributed by atoms with Crippen molar-refractivity contribution in [2.75, 3.05) is 19.6 Å². The predicted molar refractivity (Wildman–Crippen MR) is 91.9 cm³/mol. The van der Waals surface area contributed by atoms with Crippen molar-refractivity contribution in [1.29, 1.82) is 0 Å². The van der Waals surface area contributed by atoms with E-state index in [4.69, 9.17) is 0 Å². The molecule has 1 fully saturated rings. The molecule has 0 spiro atoms. The highest BCUT2D eigenvalue weighted by Gasteiger charge is 2.39. The van der Waals surface area contributed by atoms with Crippen LogP contribution in [0.3, 0.4) is 0 Å². The first-order valence-electron chi connectivity index (χ1n) is 8.63. The Balaban J connectivity index is 1.90. The van der Waals surface area contributed by atoms with E-state index in [0.717, 1.165) is 19.4 Å². The summed E-state index contributed by atoms with van der Waals surface area (Å²) in [6, 6.07) is 6.51. The third-order valence-corrected chi connectivity index (χ3v) is 4.68. The normalized spacial score (nSPS) is 18.3. The van der Waals surface area contributed by atoms with Gasteiger partial charge in [-0.25, -0.2) is 4.39 Å². The molecule has 0 aromatic heterocycles. The molecule has 2 rings (SSSR count). The Kier molecular flexibility index (Phi) is 5.97. The van der Waals surface area contributed by atoms with E-state index in [1.54, 1.807) is 36.9 Å². The lowest BCUT2D eigenvalue weighted by Gasteiger charge is -2.36. The minimum absolute atomic E-state index is 0.127. The van der Waals surface area contributed by atoms with Crippen molar-refractivity contribution in [3.63, 3.8) is 0 Å². The number of hydrogen-bond donors (Lipinski definition) is 1. The van der Waals surface area contributed by atoms with Gasteiger partial charge in [0.2, 0.25) is 11.8 Å². The maximum atomic E-state index is 13.6. The number of nitrogens with one attached hydrogen (secondary N) is 1. The smallest absolute Gasteiger partial charge is 0.237 e. The van der Waals surface area contributed by atoms with Gasteiger partial charge in [-0.2, -0.15) is 0 Å². The van der Waals surface area contributed by atoms with Gasteiger partial charge in [-0.15, -0.1) is 0 Å². The molecule has 0 aliphatic carbocycles. The molecule has 132 valence electrons. The van der Waals surface area contributed by atoms with E-state index < -0.39 is 5.41 Å². The highest BCUT2D eigenvalue weighted by Crippen LogP contribution is 2.24. The van der Waals surface area contributed by atoms with E-state index in [1.165, 1.54) is 6.07 Å². The number of likely N-dealkylation sites (tertiary alicyclic amines) is 1. The molecule has 5 heteroatoms. The van der Waals surface area contributed by atoms with Crippen LogP contribution in [-0.4, -0.2) is 36.3 Å². The van der Waals surface area contributed by atoms with Gasteiger partial charge in [-0.05, 0) is 50.7 Å². The minimum atomic E-state index is -1.10. The lowest BCUT2D eigenvalue weighted by atomic mass is 9.88. The molecule has 24 heavy (non-hydrogen) atoms. The van der Waals surface area contributed by atoms with Gasteiger partial charge in [0, 0.05) is 19.6 Å². The summed E-state index contributed by atoms with van der Waals surface area (Å²) in [6.07, 6.45) is 2.51. The molecule has 1 aromatic rings. The molecule has 2 amide bonds. The SMILES string of the molecule is CC1CCCN(C(=O)C(C)(C)C(=O)NCCc2ccccc2F)C1. The van der Waals surface area contributed by atoms with E-state index in [9.17, 15) is 14.0 Å². The Morgan fingerprint density at radius 1 is 1.33 bits per heavy atom. The number of halogens is 1. The van der Waals surface area contributed by atoms with Crippen molar-refractivity contribution in [3.8, 4) is 0 Å². The monoisotopic (exact) mass is 334 g/mol. The molecule has 0 saturated carbocycles. The zero-order chi connectivity index (χ0) is 17.7. The van der Waals surface area contributed by atoms with Gasteiger partial charge in [0.1, 0.15) is 11.2 Å². The molecule has 1 saturated heterocycles. The molecule has 1 aromatic carbocycles. The maximum Gasteiger partial charge on any atom is 0.237 e. The number of hydrogen-bond acceptors (Lipinski definition) is 2. The Labute approximate surface area is 143 Å². The largest absolute Gasteiger partial charge is 0.355 e. The summed E-state index contributed by atoms with van der Waals surface area (Å²) in [5.74, 6) is -0.230. The number of benzene rings is 1. The summed E-state index contributed by atoms with van der Waals surface area (Å²) in [7, 11) is 0. The summed E-state index contributed by atoms with van der Waals surface area (Å²) in [4.78, 5) is 26.9. The van der Waals surface area contributed by atoms with Crippen LogP contribution < -0.4 is 5.32 Å². The molecule has 0 radical (unpaired) electrons. The first kappa shape index (κ1) is 18.4. The molecular weight excluding hydrogens is 307 g/mol. The summed E-state index contributed by atoms with van der Waals surface area (Å²) >= 11 is 0. The predicted octanol–water partition coefficient (Wildman–Crippen LogP) is 2.77. The van der Waals surface area contributed by atoms with Crippen LogP contribution in [0.15, 0.2) is 24.3 Å². The van der Waals surface area contributed by atoms with Crippen LogP contribution in [0.25, 0.3) is 0 Å². The van der Waals surface area contributed by atoms with E-state index >= 15 is 0 Å². The van der Waals surface area contributed by atoms with Crippen LogP contribution in [0.2, 0.25) is 0 Å². The number of nitrogens with zero attached hydrogens (tertiary/aromatic N) is 1. The van der Waals surface area contributed by atoms with Crippen molar-refractivity contribution in [3.05, 3.63) is 35.6 Å². The summed E-state index contributed by atoms with van der Waals surface area (Å²) in [6.45, 7) is 7.19. The Morgan fingerprint density at radius 2 is 2.04 bits per heavy atom. The van der Waals surface area contributed by atoms with Gasteiger partial charge in [0.15, 0.2) is 0 Å².